The summed E-state index contributed by atoms with van der Waals surface area (Å²) in [6, 6.07) is 14.0. The molecule has 4 rings (SSSR count). The van der Waals surface area contributed by atoms with E-state index in [0.29, 0.717) is 17.9 Å². The molecular formula is C20H21N3O3S2. The van der Waals surface area contributed by atoms with E-state index in [0.717, 1.165) is 29.5 Å². The number of aromatic nitrogens is 1. The minimum atomic E-state index is -3.58. The van der Waals surface area contributed by atoms with E-state index in [1.165, 1.54) is 21.7 Å². The number of aryl methyl sites for hydroxylation is 1. The maximum absolute atomic E-state index is 12.9. The molecule has 1 aromatic heterocycles. The highest BCUT2D eigenvalue weighted by Gasteiger charge is 2.26. The zero-order valence-electron chi connectivity index (χ0n) is 15.5. The van der Waals surface area contributed by atoms with Crippen molar-refractivity contribution in [1.82, 2.24) is 8.87 Å². The van der Waals surface area contributed by atoms with Crippen molar-refractivity contribution in [3.63, 3.8) is 0 Å². The Morgan fingerprint density at radius 2 is 1.79 bits per heavy atom. The third-order valence-corrected chi connectivity index (χ3v) is 7.95. The number of para-hydroxylation sites is 1. The Balaban J connectivity index is 1.69. The lowest BCUT2D eigenvalue weighted by atomic mass is 10.2. The summed E-state index contributed by atoms with van der Waals surface area (Å²) in [4.78, 5) is 17.7. The number of rotatable bonds is 3. The fourth-order valence-electron chi connectivity index (χ4n) is 3.38. The smallest absolute Gasteiger partial charge is 0.279 e. The summed E-state index contributed by atoms with van der Waals surface area (Å²) in [7, 11) is -1.72. The second-order valence-corrected chi connectivity index (χ2v) is 9.77. The summed E-state index contributed by atoms with van der Waals surface area (Å²) in [5.41, 5.74) is 1.27. The van der Waals surface area contributed by atoms with E-state index in [9.17, 15) is 13.2 Å². The van der Waals surface area contributed by atoms with Crippen molar-refractivity contribution in [2.75, 3.05) is 13.1 Å². The number of nitrogens with zero attached hydrogens (tertiary/aromatic N) is 3. The summed E-state index contributed by atoms with van der Waals surface area (Å²) in [6.07, 6.45) is 2.79. The minimum Gasteiger partial charge on any atom is -0.319 e. The summed E-state index contributed by atoms with van der Waals surface area (Å²) < 4.78 is 30.2. The first-order valence-electron chi connectivity index (χ1n) is 9.21. The Morgan fingerprint density at radius 1 is 1.04 bits per heavy atom. The Hall–Kier alpha value is -2.29. The predicted octanol–water partition coefficient (Wildman–Crippen LogP) is 3.16. The molecule has 2 heterocycles. The monoisotopic (exact) mass is 415 g/mol. The molecule has 0 bridgehead atoms. The average Bonchev–Trinajstić information content (AvgIpc) is 3.04. The highest BCUT2D eigenvalue weighted by Crippen LogP contribution is 2.22. The fourth-order valence-corrected chi connectivity index (χ4v) is 5.96. The van der Waals surface area contributed by atoms with Crippen molar-refractivity contribution in [2.24, 2.45) is 12.0 Å². The van der Waals surface area contributed by atoms with Crippen molar-refractivity contribution in [3.05, 3.63) is 58.9 Å². The molecule has 0 saturated carbocycles. The van der Waals surface area contributed by atoms with E-state index in [4.69, 9.17) is 0 Å². The van der Waals surface area contributed by atoms with Crippen molar-refractivity contribution in [2.45, 2.75) is 24.2 Å². The van der Waals surface area contributed by atoms with Gasteiger partial charge in [-0.25, -0.2) is 8.42 Å². The van der Waals surface area contributed by atoms with Crippen LogP contribution in [0.3, 0.4) is 0 Å². The van der Waals surface area contributed by atoms with Crippen LogP contribution in [0.2, 0.25) is 0 Å². The van der Waals surface area contributed by atoms with Crippen LogP contribution in [0.15, 0.2) is 58.4 Å². The molecule has 28 heavy (non-hydrogen) atoms. The molecule has 146 valence electrons. The first-order chi connectivity index (χ1) is 13.5. The summed E-state index contributed by atoms with van der Waals surface area (Å²) in [6.45, 7) is 1.06. The van der Waals surface area contributed by atoms with E-state index in [1.54, 1.807) is 18.2 Å². The first kappa shape index (κ1) is 19.0. The third-order valence-electron chi connectivity index (χ3n) is 4.95. The van der Waals surface area contributed by atoms with Gasteiger partial charge >= 0.3 is 0 Å². The van der Waals surface area contributed by atoms with Crippen LogP contribution in [-0.2, 0) is 17.1 Å². The molecule has 0 aliphatic carbocycles. The topological polar surface area (TPSA) is 71.7 Å². The molecule has 8 heteroatoms. The fraction of sp³-hybridized carbons (Fsp3) is 0.300. The molecule has 1 fully saturated rings. The number of carbonyl (C=O) groups excluding carboxylic acids is 1. The highest BCUT2D eigenvalue weighted by atomic mass is 32.2. The maximum atomic E-state index is 12.9. The SMILES string of the molecule is Cn1c(=NC(=O)c2cccc(S(=O)(=O)N3CCCCC3)c2)sc2ccccc21. The van der Waals surface area contributed by atoms with E-state index in [1.807, 2.05) is 35.9 Å². The van der Waals surface area contributed by atoms with Gasteiger partial charge in [0.2, 0.25) is 10.0 Å². The van der Waals surface area contributed by atoms with E-state index in [-0.39, 0.29) is 10.5 Å². The van der Waals surface area contributed by atoms with E-state index < -0.39 is 15.9 Å². The number of piperidine rings is 1. The Labute approximate surface area is 167 Å². The number of benzene rings is 2. The van der Waals surface area contributed by atoms with Crippen LogP contribution < -0.4 is 4.80 Å². The van der Waals surface area contributed by atoms with Crippen LogP contribution in [0.25, 0.3) is 10.2 Å². The molecule has 1 aliphatic heterocycles. The lowest BCUT2D eigenvalue weighted by molar-refractivity contribution is 0.0997. The molecule has 1 saturated heterocycles. The van der Waals surface area contributed by atoms with Crippen molar-refractivity contribution < 1.29 is 13.2 Å². The predicted molar refractivity (Wildman–Crippen MR) is 110 cm³/mol. The lowest BCUT2D eigenvalue weighted by Gasteiger charge is -2.25. The molecular weight excluding hydrogens is 394 g/mol. The number of hydrogen-bond donors (Lipinski definition) is 0. The second-order valence-electron chi connectivity index (χ2n) is 6.82. The molecule has 0 atom stereocenters. The van der Waals surface area contributed by atoms with Crippen LogP contribution >= 0.6 is 11.3 Å². The molecule has 3 aromatic rings. The molecule has 0 unspecified atom stereocenters. The lowest BCUT2D eigenvalue weighted by Crippen LogP contribution is -2.35. The molecule has 6 nitrogen and oxygen atoms in total. The zero-order valence-corrected chi connectivity index (χ0v) is 17.2. The van der Waals surface area contributed by atoms with Crippen LogP contribution in [0.4, 0.5) is 0 Å². The number of hydrogen-bond acceptors (Lipinski definition) is 4. The average molecular weight is 416 g/mol. The van der Waals surface area contributed by atoms with Crippen LogP contribution in [0.1, 0.15) is 29.6 Å². The Kier molecular flexibility index (Phi) is 5.18. The summed E-state index contributed by atoms with van der Waals surface area (Å²) in [5, 5.41) is 0. The van der Waals surface area contributed by atoms with Crippen LogP contribution in [-0.4, -0.2) is 36.3 Å². The van der Waals surface area contributed by atoms with E-state index in [2.05, 4.69) is 4.99 Å². The van der Waals surface area contributed by atoms with Gasteiger partial charge in [-0.1, -0.05) is 36.0 Å². The van der Waals surface area contributed by atoms with Gasteiger partial charge in [-0.05, 0) is 43.2 Å². The Bertz CT molecular complexity index is 1200. The van der Waals surface area contributed by atoms with Gasteiger partial charge in [-0.2, -0.15) is 9.30 Å². The van der Waals surface area contributed by atoms with Crippen molar-refractivity contribution >= 4 is 37.5 Å². The summed E-state index contributed by atoms with van der Waals surface area (Å²) in [5.74, 6) is -0.446. The van der Waals surface area contributed by atoms with Gasteiger partial charge in [0.25, 0.3) is 5.91 Å². The number of fused-ring (bicyclic) bond motifs is 1. The van der Waals surface area contributed by atoms with Crippen molar-refractivity contribution in [3.8, 4) is 0 Å². The number of carbonyl (C=O) groups is 1. The summed E-state index contributed by atoms with van der Waals surface area (Å²) >= 11 is 1.43. The van der Waals surface area contributed by atoms with Gasteiger partial charge < -0.3 is 4.57 Å². The molecule has 1 amide bonds. The van der Waals surface area contributed by atoms with Gasteiger partial charge in [0.1, 0.15) is 0 Å². The Morgan fingerprint density at radius 3 is 2.54 bits per heavy atom. The van der Waals surface area contributed by atoms with Crippen LogP contribution in [0.5, 0.6) is 0 Å². The first-order valence-corrected chi connectivity index (χ1v) is 11.5. The van der Waals surface area contributed by atoms with Crippen LogP contribution in [0, 0.1) is 0 Å². The number of sulfonamides is 1. The molecule has 2 aromatic carbocycles. The van der Waals surface area contributed by atoms with Gasteiger partial charge in [-0.15, -0.1) is 0 Å². The van der Waals surface area contributed by atoms with Gasteiger partial charge in [0.05, 0.1) is 15.1 Å². The molecule has 0 spiro atoms. The van der Waals surface area contributed by atoms with Gasteiger partial charge in [0.15, 0.2) is 4.80 Å². The normalized spacial score (nSPS) is 16.5. The minimum absolute atomic E-state index is 0.149. The zero-order chi connectivity index (χ0) is 19.7. The van der Waals surface area contributed by atoms with Gasteiger partial charge in [-0.3, -0.25) is 4.79 Å². The standard InChI is InChI=1S/C20H21N3O3S2/c1-22-17-10-3-4-11-18(17)27-20(22)21-19(24)15-8-7-9-16(14-15)28(25,26)23-12-5-2-6-13-23/h3-4,7-11,14H,2,5-6,12-13H2,1H3. The third kappa shape index (κ3) is 3.55. The van der Waals surface area contributed by atoms with Crippen molar-refractivity contribution in [1.29, 1.82) is 0 Å². The quantitative estimate of drug-likeness (QED) is 0.660. The van der Waals surface area contributed by atoms with Gasteiger partial charge in [0, 0.05) is 25.7 Å². The number of amides is 1. The van der Waals surface area contributed by atoms with E-state index >= 15 is 0 Å². The molecule has 1 aliphatic rings. The highest BCUT2D eigenvalue weighted by molar-refractivity contribution is 7.89. The number of thiazole rings is 1. The molecule has 0 radical (unpaired) electrons. The second kappa shape index (κ2) is 7.62. The molecule has 0 N–H and O–H groups in total. The largest absolute Gasteiger partial charge is 0.319 e. The maximum Gasteiger partial charge on any atom is 0.279 e.